The summed E-state index contributed by atoms with van der Waals surface area (Å²) in [5.74, 6) is -0.0993. The minimum Gasteiger partial charge on any atom is -0.285 e. The lowest BCUT2D eigenvalue weighted by Crippen LogP contribution is -2.55. The Morgan fingerprint density at radius 3 is 2.07 bits per heavy atom. The van der Waals surface area contributed by atoms with Crippen LogP contribution in [-0.4, -0.2) is 23.8 Å². The maximum absolute atomic E-state index is 11.9. The molecule has 1 unspecified atom stereocenters. The Balaban J connectivity index is 0.00000196. The minimum absolute atomic E-state index is 0. The van der Waals surface area contributed by atoms with E-state index in [-0.39, 0.29) is 24.7 Å². The van der Waals surface area contributed by atoms with Crippen molar-refractivity contribution in [2.24, 2.45) is 10.8 Å². The standard InChI is InChI=1S/C11H19NO2.CH4/c1-6-11(4)7-10(2,3)8(13)12(5)9(11)14;/h6-7H2,1-5H3;1H4. The highest BCUT2D eigenvalue weighted by molar-refractivity contribution is 6.02. The van der Waals surface area contributed by atoms with Crippen molar-refractivity contribution in [3.63, 3.8) is 0 Å². The molecule has 0 aliphatic carbocycles. The first kappa shape index (κ1) is 14.1. The number of rotatable bonds is 1. The van der Waals surface area contributed by atoms with Crippen LogP contribution < -0.4 is 0 Å². The van der Waals surface area contributed by atoms with Crippen molar-refractivity contribution >= 4 is 11.8 Å². The Labute approximate surface area is 92.8 Å². The lowest BCUT2D eigenvalue weighted by molar-refractivity contribution is -0.164. The van der Waals surface area contributed by atoms with Gasteiger partial charge in [-0.15, -0.1) is 0 Å². The van der Waals surface area contributed by atoms with Crippen molar-refractivity contribution in [2.75, 3.05) is 7.05 Å². The third-order valence-electron chi connectivity index (χ3n) is 3.32. The van der Waals surface area contributed by atoms with Gasteiger partial charge in [-0.2, -0.15) is 0 Å². The number of imide groups is 1. The van der Waals surface area contributed by atoms with Crippen molar-refractivity contribution in [2.45, 2.75) is 48.0 Å². The van der Waals surface area contributed by atoms with E-state index in [1.165, 1.54) is 4.90 Å². The summed E-state index contributed by atoms with van der Waals surface area (Å²) >= 11 is 0. The van der Waals surface area contributed by atoms with Gasteiger partial charge in [-0.25, -0.2) is 0 Å². The summed E-state index contributed by atoms with van der Waals surface area (Å²) in [6.45, 7) is 7.76. The van der Waals surface area contributed by atoms with E-state index in [4.69, 9.17) is 0 Å². The Morgan fingerprint density at radius 1 is 1.20 bits per heavy atom. The van der Waals surface area contributed by atoms with E-state index in [1.807, 2.05) is 27.7 Å². The highest BCUT2D eigenvalue weighted by Gasteiger charge is 2.49. The summed E-state index contributed by atoms with van der Waals surface area (Å²) in [5, 5.41) is 0. The summed E-state index contributed by atoms with van der Waals surface area (Å²) in [5.41, 5.74) is -0.778. The molecular weight excluding hydrogens is 190 g/mol. The Hall–Kier alpha value is -0.860. The second-order valence-corrected chi connectivity index (χ2v) is 5.14. The predicted octanol–water partition coefficient (Wildman–Crippen LogP) is 2.45. The molecule has 0 bridgehead atoms. The maximum atomic E-state index is 11.9. The molecule has 0 aromatic carbocycles. The zero-order chi connectivity index (χ0) is 11.1. The smallest absolute Gasteiger partial charge is 0.234 e. The number of carbonyl (C=O) groups excluding carboxylic acids is 2. The topological polar surface area (TPSA) is 37.4 Å². The number of hydrogen-bond acceptors (Lipinski definition) is 2. The third-order valence-corrected chi connectivity index (χ3v) is 3.32. The van der Waals surface area contributed by atoms with Crippen LogP contribution in [-0.2, 0) is 9.59 Å². The summed E-state index contributed by atoms with van der Waals surface area (Å²) in [6.07, 6.45) is 1.44. The van der Waals surface area contributed by atoms with Gasteiger partial charge in [0.1, 0.15) is 0 Å². The van der Waals surface area contributed by atoms with Gasteiger partial charge >= 0.3 is 0 Å². The molecule has 1 fully saturated rings. The van der Waals surface area contributed by atoms with Crippen molar-refractivity contribution in [3.05, 3.63) is 0 Å². The number of piperidine rings is 1. The molecule has 0 aromatic rings. The number of hydrogen-bond donors (Lipinski definition) is 0. The molecule has 1 heterocycles. The van der Waals surface area contributed by atoms with Crippen LogP contribution >= 0.6 is 0 Å². The fourth-order valence-electron chi connectivity index (χ4n) is 2.35. The molecule has 0 radical (unpaired) electrons. The first-order chi connectivity index (χ1) is 6.24. The molecule has 0 N–H and O–H groups in total. The van der Waals surface area contributed by atoms with Crippen LogP contribution in [0.15, 0.2) is 0 Å². The fourth-order valence-corrected chi connectivity index (χ4v) is 2.35. The molecule has 15 heavy (non-hydrogen) atoms. The van der Waals surface area contributed by atoms with Crippen LogP contribution in [0.4, 0.5) is 0 Å². The van der Waals surface area contributed by atoms with Gasteiger partial charge in [0, 0.05) is 17.9 Å². The molecule has 0 saturated carbocycles. The number of carbonyl (C=O) groups is 2. The Morgan fingerprint density at radius 2 is 1.67 bits per heavy atom. The van der Waals surface area contributed by atoms with E-state index >= 15 is 0 Å². The number of amides is 2. The fraction of sp³-hybridized carbons (Fsp3) is 0.833. The molecule has 1 rings (SSSR count). The molecule has 0 aromatic heterocycles. The predicted molar refractivity (Wildman–Crippen MR) is 61.3 cm³/mol. The average molecular weight is 213 g/mol. The van der Waals surface area contributed by atoms with Gasteiger partial charge in [0.15, 0.2) is 0 Å². The highest BCUT2D eigenvalue weighted by atomic mass is 16.2. The first-order valence-electron chi connectivity index (χ1n) is 5.07. The van der Waals surface area contributed by atoms with Crippen molar-refractivity contribution in [1.82, 2.24) is 4.90 Å². The molecule has 3 heteroatoms. The van der Waals surface area contributed by atoms with Crippen LogP contribution in [0.2, 0.25) is 0 Å². The van der Waals surface area contributed by atoms with Crippen LogP contribution in [0, 0.1) is 10.8 Å². The molecule has 0 spiro atoms. The highest BCUT2D eigenvalue weighted by Crippen LogP contribution is 2.43. The van der Waals surface area contributed by atoms with E-state index < -0.39 is 5.41 Å². The molecule has 88 valence electrons. The van der Waals surface area contributed by atoms with Gasteiger partial charge in [-0.05, 0) is 12.8 Å². The maximum Gasteiger partial charge on any atom is 0.234 e. The summed E-state index contributed by atoms with van der Waals surface area (Å²) in [4.78, 5) is 24.9. The minimum atomic E-state index is -0.409. The Kier molecular flexibility index (Phi) is 3.72. The molecule has 1 aliphatic rings. The van der Waals surface area contributed by atoms with E-state index in [2.05, 4.69) is 0 Å². The first-order valence-corrected chi connectivity index (χ1v) is 5.07. The molecule has 3 nitrogen and oxygen atoms in total. The van der Waals surface area contributed by atoms with Crippen LogP contribution in [0.1, 0.15) is 48.0 Å². The zero-order valence-corrected chi connectivity index (χ0v) is 9.68. The van der Waals surface area contributed by atoms with Gasteiger partial charge in [-0.1, -0.05) is 35.1 Å². The second kappa shape index (κ2) is 3.95. The second-order valence-electron chi connectivity index (χ2n) is 5.14. The quantitative estimate of drug-likeness (QED) is 0.627. The van der Waals surface area contributed by atoms with E-state index in [1.54, 1.807) is 7.05 Å². The van der Waals surface area contributed by atoms with Crippen LogP contribution in [0.5, 0.6) is 0 Å². The number of likely N-dealkylation sites (tertiary alicyclic amines) is 1. The SMILES string of the molecule is C.CCC1(C)CC(C)(C)C(=O)N(C)C1=O. The van der Waals surface area contributed by atoms with Crippen molar-refractivity contribution < 1.29 is 9.59 Å². The van der Waals surface area contributed by atoms with Crippen molar-refractivity contribution in [3.8, 4) is 0 Å². The molecule has 1 saturated heterocycles. The third kappa shape index (κ3) is 2.06. The normalized spacial score (nSPS) is 30.1. The van der Waals surface area contributed by atoms with Gasteiger partial charge in [0.2, 0.25) is 11.8 Å². The number of nitrogens with zero attached hydrogens (tertiary/aromatic N) is 1. The lowest BCUT2D eigenvalue weighted by Gasteiger charge is -2.44. The van der Waals surface area contributed by atoms with E-state index in [0.29, 0.717) is 6.42 Å². The van der Waals surface area contributed by atoms with Gasteiger partial charge in [-0.3, -0.25) is 14.5 Å². The van der Waals surface area contributed by atoms with Gasteiger partial charge in [0.05, 0.1) is 0 Å². The van der Waals surface area contributed by atoms with Crippen LogP contribution in [0.25, 0.3) is 0 Å². The van der Waals surface area contributed by atoms with Crippen LogP contribution in [0.3, 0.4) is 0 Å². The Bertz CT molecular complexity index is 283. The van der Waals surface area contributed by atoms with Crippen molar-refractivity contribution in [1.29, 1.82) is 0 Å². The zero-order valence-electron chi connectivity index (χ0n) is 9.68. The summed E-state index contributed by atoms with van der Waals surface area (Å²) < 4.78 is 0. The molecule has 1 aliphatic heterocycles. The average Bonchev–Trinajstić information content (AvgIpc) is 2.11. The molecule has 1 atom stereocenters. The monoisotopic (exact) mass is 213 g/mol. The largest absolute Gasteiger partial charge is 0.285 e. The van der Waals surface area contributed by atoms with Gasteiger partial charge < -0.3 is 0 Å². The van der Waals surface area contributed by atoms with Gasteiger partial charge in [0.25, 0.3) is 0 Å². The summed E-state index contributed by atoms with van der Waals surface area (Å²) in [7, 11) is 1.58. The molecular formula is C12H23NO2. The van der Waals surface area contributed by atoms with E-state index in [0.717, 1.165) is 6.42 Å². The van der Waals surface area contributed by atoms with E-state index in [9.17, 15) is 9.59 Å². The summed E-state index contributed by atoms with van der Waals surface area (Å²) in [6, 6.07) is 0. The lowest BCUT2D eigenvalue weighted by atomic mass is 9.68. The molecule has 2 amide bonds.